The van der Waals surface area contributed by atoms with Crippen LogP contribution in [0.3, 0.4) is 0 Å². The molecule has 0 saturated carbocycles. The second-order valence-electron chi connectivity index (χ2n) is 5.85. The van der Waals surface area contributed by atoms with Crippen LogP contribution in [0, 0.1) is 0 Å². The topological polar surface area (TPSA) is 73.1 Å². The first-order valence-electron chi connectivity index (χ1n) is 8.20. The molecular weight excluding hydrogens is 340 g/mol. The Morgan fingerprint density at radius 3 is 2.88 bits per heavy atom. The summed E-state index contributed by atoms with van der Waals surface area (Å²) >= 11 is 5.92. The standard InChI is InChI=1S/C18H17ClN4O2/c19-13-7-5-12(6-8-13)16-22-18(25-23-16)15-4-1-9-20-17(15)21-11-14-3-2-10-24-14/h1,4-9,14H,2-3,10-11H2,(H,20,21). The van der Waals surface area contributed by atoms with Crippen molar-refractivity contribution < 1.29 is 9.26 Å². The first kappa shape index (κ1) is 16.1. The molecule has 25 heavy (non-hydrogen) atoms. The quantitative estimate of drug-likeness (QED) is 0.743. The Morgan fingerprint density at radius 1 is 1.20 bits per heavy atom. The van der Waals surface area contributed by atoms with Gasteiger partial charge in [-0.1, -0.05) is 16.8 Å². The molecule has 4 rings (SSSR count). The molecule has 0 radical (unpaired) electrons. The zero-order valence-electron chi connectivity index (χ0n) is 13.5. The molecule has 1 fully saturated rings. The Balaban J connectivity index is 1.56. The van der Waals surface area contributed by atoms with Gasteiger partial charge in [-0.25, -0.2) is 4.98 Å². The molecule has 0 bridgehead atoms. The number of nitrogens with one attached hydrogen (secondary N) is 1. The summed E-state index contributed by atoms with van der Waals surface area (Å²) in [6, 6.07) is 11.1. The third kappa shape index (κ3) is 3.65. The molecule has 0 aliphatic carbocycles. The van der Waals surface area contributed by atoms with Crippen LogP contribution < -0.4 is 5.32 Å². The second-order valence-corrected chi connectivity index (χ2v) is 6.28. The molecule has 0 spiro atoms. The van der Waals surface area contributed by atoms with Crippen molar-refractivity contribution >= 4 is 17.4 Å². The van der Waals surface area contributed by atoms with Crippen molar-refractivity contribution in [2.45, 2.75) is 18.9 Å². The highest BCUT2D eigenvalue weighted by atomic mass is 35.5. The molecule has 1 atom stereocenters. The van der Waals surface area contributed by atoms with Crippen molar-refractivity contribution in [3.05, 3.63) is 47.6 Å². The fourth-order valence-corrected chi connectivity index (χ4v) is 2.91. The van der Waals surface area contributed by atoms with Crippen LogP contribution in [0.5, 0.6) is 0 Å². The van der Waals surface area contributed by atoms with Crippen molar-refractivity contribution in [2.75, 3.05) is 18.5 Å². The Hall–Kier alpha value is -2.44. The van der Waals surface area contributed by atoms with Crippen LogP contribution in [-0.2, 0) is 4.74 Å². The summed E-state index contributed by atoms with van der Waals surface area (Å²) in [6.45, 7) is 1.54. The first-order chi connectivity index (χ1) is 12.3. The lowest BCUT2D eigenvalue weighted by Gasteiger charge is -2.12. The number of pyridine rings is 1. The van der Waals surface area contributed by atoms with E-state index in [1.54, 1.807) is 18.3 Å². The maximum absolute atomic E-state index is 5.92. The average Bonchev–Trinajstić information content (AvgIpc) is 3.33. The monoisotopic (exact) mass is 356 g/mol. The molecule has 1 aliphatic rings. The molecule has 3 heterocycles. The summed E-state index contributed by atoms with van der Waals surface area (Å²) in [5, 5.41) is 8.06. The van der Waals surface area contributed by atoms with E-state index in [4.69, 9.17) is 20.9 Å². The zero-order valence-corrected chi connectivity index (χ0v) is 14.2. The summed E-state index contributed by atoms with van der Waals surface area (Å²) in [4.78, 5) is 8.89. The minimum absolute atomic E-state index is 0.224. The van der Waals surface area contributed by atoms with Crippen LogP contribution in [0.2, 0.25) is 5.02 Å². The van der Waals surface area contributed by atoms with E-state index in [1.165, 1.54) is 0 Å². The van der Waals surface area contributed by atoms with Crippen molar-refractivity contribution in [2.24, 2.45) is 0 Å². The number of nitrogens with zero attached hydrogens (tertiary/aromatic N) is 3. The smallest absolute Gasteiger partial charge is 0.261 e. The van der Waals surface area contributed by atoms with E-state index in [0.717, 1.165) is 30.6 Å². The van der Waals surface area contributed by atoms with Crippen LogP contribution >= 0.6 is 11.6 Å². The molecule has 6 nitrogen and oxygen atoms in total. The summed E-state index contributed by atoms with van der Waals surface area (Å²) in [5.41, 5.74) is 1.62. The Labute approximate surface area is 150 Å². The van der Waals surface area contributed by atoms with Crippen molar-refractivity contribution in [1.29, 1.82) is 0 Å². The summed E-state index contributed by atoms with van der Waals surface area (Å²) in [5.74, 6) is 1.65. The van der Waals surface area contributed by atoms with E-state index in [-0.39, 0.29) is 6.10 Å². The Bertz CT molecular complexity index is 844. The summed E-state index contributed by atoms with van der Waals surface area (Å²) in [7, 11) is 0. The van der Waals surface area contributed by atoms with Crippen LogP contribution in [0.1, 0.15) is 12.8 Å². The zero-order chi connectivity index (χ0) is 17.1. The van der Waals surface area contributed by atoms with Crippen molar-refractivity contribution in [3.8, 4) is 22.8 Å². The number of hydrogen-bond donors (Lipinski definition) is 1. The van der Waals surface area contributed by atoms with Gasteiger partial charge in [0.25, 0.3) is 5.89 Å². The number of benzene rings is 1. The highest BCUT2D eigenvalue weighted by Crippen LogP contribution is 2.27. The molecule has 0 amide bonds. The molecule has 128 valence electrons. The van der Waals surface area contributed by atoms with Gasteiger partial charge in [-0.2, -0.15) is 4.98 Å². The Kier molecular flexibility index (Phi) is 4.63. The minimum Gasteiger partial charge on any atom is -0.376 e. The van der Waals surface area contributed by atoms with Crippen LogP contribution in [0.25, 0.3) is 22.8 Å². The van der Waals surface area contributed by atoms with E-state index in [2.05, 4.69) is 20.4 Å². The SMILES string of the molecule is Clc1ccc(-c2noc(-c3cccnc3NCC3CCCO3)n2)cc1. The highest BCUT2D eigenvalue weighted by Gasteiger charge is 2.18. The van der Waals surface area contributed by atoms with Gasteiger partial charge in [0.1, 0.15) is 5.82 Å². The molecule has 1 N–H and O–H groups in total. The number of ether oxygens (including phenoxy) is 1. The van der Waals surface area contributed by atoms with Crippen LogP contribution in [0.15, 0.2) is 47.1 Å². The molecule has 2 aromatic heterocycles. The van der Waals surface area contributed by atoms with Gasteiger partial charge in [-0.15, -0.1) is 0 Å². The lowest BCUT2D eigenvalue weighted by atomic mass is 10.2. The van der Waals surface area contributed by atoms with Crippen LogP contribution in [-0.4, -0.2) is 34.4 Å². The molecule has 1 unspecified atom stereocenters. The van der Waals surface area contributed by atoms with Gasteiger partial charge in [-0.05, 0) is 49.2 Å². The Morgan fingerprint density at radius 2 is 2.08 bits per heavy atom. The fourth-order valence-electron chi connectivity index (χ4n) is 2.78. The van der Waals surface area contributed by atoms with Gasteiger partial charge in [-0.3, -0.25) is 0 Å². The van der Waals surface area contributed by atoms with E-state index in [1.807, 2.05) is 24.3 Å². The minimum atomic E-state index is 0.224. The second kappa shape index (κ2) is 7.21. The number of halogens is 1. The van der Waals surface area contributed by atoms with Crippen molar-refractivity contribution in [3.63, 3.8) is 0 Å². The third-order valence-corrected chi connectivity index (χ3v) is 4.34. The molecular formula is C18H17ClN4O2. The lowest BCUT2D eigenvalue weighted by molar-refractivity contribution is 0.120. The van der Waals surface area contributed by atoms with Gasteiger partial charge in [0, 0.05) is 29.9 Å². The summed E-state index contributed by atoms with van der Waals surface area (Å²) < 4.78 is 11.1. The number of hydrogen-bond acceptors (Lipinski definition) is 6. The van der Waals surface area contributed by atoms with E-state index in [9.17, 15) is 0 Å². The predicted molar refractivity (Wildman–Crippen MR) is 95.4 cm³/mol. The molecule has 1 aromatic carbocycles. The van der Waals surface area contributed by atoms with Gasteiger partial charge in [0.15, 0.2) is 0 Å². The molecule has 7 heteroatoms. The molecule has 1 saturated heterocycles. The third-order valence-electron chi connectivity index (χ3n) is 4.09. The van der Waals surface area contributed by atoms with Gasteiger partial charge in [0.2, 0.25) is 5.82 Å². The van der Waals surface area contributed by atoms with E-state index in [0.29, 0.717) is 29.1 Å². The van der Waals surface area contributed by atoms with Gasteiger partial charge >= 0.3 is 0 Å². The van der Waals surface area contributed by atoms with Crippen LogP contribution in [0.4, 0.5) is 5.82 Å². The predicted octanol–water partition coefficient (Wildman–Crippen LogP) is 4.04. The largest absolute Gasteiger partial charge is 0.376 e. The maximum Gasteiger partial charge on any atom is 0.261 e. The average molecular weight is 357 g/mol. The lowest BCUT2D eigenvalue weighted by Crippen LogP contribution is -2.19. The maximum atomic E-state index is 5.92. The number of anilines is 1. The molecule has 3 aromatic rings. The van der Waals surface area contributed by atoms with E-state index < -0.39 is 0 Å². The summed E-state index contributed by atoms with van der Waals surface area (Å²) in [6.07, 6.45) is 4.13. The van der Waals surface area contributed by atoms with E-state index >= 15 is 0 Å². The van der Waals surface area contributed by atoms with Gasteiger partial charge < -0.3 is 14.6 Å². The van der Waals surface area contributed by atoms with Crippen molar-refractivity contribution in [1.82, 2.24) is 15.1 Å². The fraction of sp³-hybridized carbons (Fsp3) is 0.278. The van der Waals surface area contributed by atoms with Gasteiger partial charge in [0.05, 0.1) is 11.7 Å². The highest BCUT2D eigenvalue weighted by molar-refractivity contribution is 6.30. The number of rotatable bonds is 5. The normalized spacial score (nSPS) is 16.9. The number of aromatic nitrogens is 3. The first-order valence-corrected chi connectivity index (χ1v) is 8.58. The molecule has 1 aliphatic heterocycles.